The van der Waals surface area contributed by atoms with Gasteiger partial charge in [-0.1, -0.05) is 18.2 Å². The molecule has 2 aliphatic heterocycles. The van der Waals surface area contributed by atoms with E-state index in [2.05, 4.69) is 10.0 Å². The number of carbonyl (C=O) groups is 1. The van der Waals surface area contributed by atoms with Crippen LogP contribution in [0.25, 0.3) is 0 Å². The zero-order chi connectivity index (χ0) is 17.9. The van der Waals surface area contributed by atoms with E-state index in [1.54, 1.807) is 22.4 Å². The second-order valence-electron chi connectivity index (χ2n) is 6.43. The van der Waals surface area contributed by atoms with Gasteiger partial charge in [0.05, 0.1) is 36.4 Å². The zero-order valence-electron chi connectivity index (χ0n) is 14.3. The maximum absolute atomic E-state index is 13.7. The number of morpholine rings is 1. The predicted octanol–water partition coefficient (Wildman–Crippen LogP) is 2.90. The molecule has 0 saturated carbocycles. The van der Waals surface area contributed by atoms with E-state index in [0.717, 1.165) is 29.2 Å². The SMILES string of the molecule is O=C(CN1CCOCC1)N1N=C(c2cccs2)CC1c1cccc(F)c1. The predicted molar refractivity (Wildman–Crippen MR) is 98.7 cm³/mol. The third-order valence-electron chi connectivity index (χ3n) is 4.67. The van der Waals surface area contributed by atoms with Gasteiger partial charge in [0.1, 0.15) is 5.82 Å². The Hall–Kier alpha value is -2.09. The molecule has 1 fully saturated rings. The third-order valence-corrected chi connectivity index (χ3v) is 5.59. The summed E-state index contributed by atoms with van der Waals surface area (Å²) in [4.78, 5) is 16.1. The van der Waals surface area contributed by atoms with E-state index >= 15 is 0 Å². The number of rotatable bonds is 4. The second kappa shape index (κ2) is 7.65. The van der Waals surface area contributed by atoms with Crippen molar-refractivity contribution in [3.8, 4) is 0 Å². The van der Waals surface area contributed by atoms with Crippen molar-refractivity contribution in [3.63, 3.8) is 0 Å². The van der Waals surface area contributed by atoms with E-state index in [1.165, 1.54) is 12.1 Å². The van der Waals surface area contributed by atoms with Crippen LogP contribution >= 0.6 is 11.3 Å². The molecule has 2 aromatic rings. The molecule has 1 aromatic carbocycles. The lowest BCUT2D eigenvalue weighted by atomic mass is 10.0. The van der Waals surface area contributed by atoms with E-state index in [4.69, 9.17) is 4.74 Å². The molecule has 136 valence electrons. The monoisotopic (exact) mass is 373 g/mol. The standard InChI is InChI=1S/C19H20FN3O2S/c20-15-4-1-3-14(11-15)17-12-16(18-5-2-10-26-18)21-23(17)19(24)13-22-6-8-25-9-7-22/h1-5,10-11,17H,6-9,12-13H2. The van der Waals surface area contributed by atoms with Gasteiger partial charge in [0, 0.05) is 19.5 Å². The highest BCUT2D eigenvalue weighted by atomic mass is 32.1. The fourth-order valence-electron chi connectivity index (χ4n) is 3.33. The number of nitrogens with zero attached hydrogens (tertiary/aromatic N) is 3. The zero-order valence-corrected chi connectivity index (χ0v) is 15.1. The highest BCUT2D eigenvalue weighted by Crippen LogP contribution is 2.34. The molecule has 1 amide bonds. The van der Waals surface area contributed by atoms with Crippen LogP contribution in [0.15, 0.2) is 46.9 Å². The Morgan fingerprint density at radius 3 is 2.85 bits per heavy atom. The number of halogens is 1. The molecule has 0 radical (unpaired) electrons. The van der Waals surface area contributed by atoms with E-state index in [0.29, 0.717) is 26.2 Å². The molecule has 7 heteroatoms. The number of ether oxygens (including phenoxy) is 1. The Morgan fingerprint density at radius 1 is 1.27 bits per heavy atom. The summed E-state index contributed by atoms with van der Waals surface area (Å²) in [5, 5.41) is 8.15. The van der Waals surface area contributed by atoms with Gasteiger partial charge in [-0.2, -0.15) is 5.10 Å². The topological polar surface area (TPSA) is 45.1 Å². The highest BCUT2D eigenvalue weighted by Gasteiger charge is 2.34. The molecular formula is C19H20FN3O2S. The Labute approximate surface area is 155 Å². The Morgan fingerprint density at radius 2 is 2.12 bits per heavy atom. The number of amides is 1. The molecule has 3 heterocycles. The first-order chi connectivity index (χ1) is 12.7. The van der Waals surface area contributed by atoms with Crippen molar-refractivity contribution in [1.82, 2.24) is 9.91 Å². The summed E-state index contributed by atoms with van der Waals surface area (Å²) in [5.41, 5.74) is 1.65. The molecule has 4 rings (SSSR count). The van der Waals surface area contributed by atoms with Crippen molar-refractivity contribution in [1.29, 1.82) is 0 Å². The van der Waals surface area contributed by atoms with Crippen molar-refractivity contribution in [2.75, 3.05) is 32.8 Å². The molecule has 5 nitrogen and oxygen atoms in total. The number of hydrogen-bond donors (Lipinski definition) is 0. The molecule has 1 unspecified atom stereocenters. The van der Waals surface area contributed by atoms with Gasteiger partial charge in [0.2, 0.25) is 0 Å². The summed E-state index contributed by atoms with van der Waals surface area (Å²) in [6.07, 6.45) is 0.596. The molecule has 1 saturated heterocycles. The molecule has 26 heavy (non-hydrogen) atoms. The summed E-state index contributed by atoms with van der Waals surface area (Å²) in [6.45, 7) is 3.07. The highest BCUT2D eigenvalue weighted by molar-refractivity contribution is 7.12. The van der Waals surface area contributed by atoms with Crippen LogP contribution in [0.4, 0.5) is 4.39 Å². The molecule has 0 spiro atoms. The first kappa shape index (κ1) is 17.3. The number of carbonyl (C=O) groups excluding carboxylic acids is 1. The van der Waals surface area contributed by atoms with Crippen LogP contribution in [0.3, 0.4) is 0 Å². The fourth-order valence-corrected chi connectivity index (χ4v) is 4.05. The normalized spacial score (nSPS) is 21.0. The maximum Gasteiger partial charge on any atom is 0.257 e. The quantitative estimate of drug-likeness (QED) is 0.828. The lowest BCUT2D eigenvalue weighted by molar-refractivity contribution is -0.135. The summed E-state index contributed by atoms with van der Waals surface area (Å²) < 4.78 is 19.1. The molecule has 0 bridgehead atoms. The van der Waals surface area contributed by atoms with E-state index in [9.17, 15) is 9.18 Å². The van der Waals surface area contributed by atoms with Crippen molar-refractivity contribution in [2.24, 2.45) is 5.10 Å². The van der Waals surface area contributed by atoms with Gasteiger partial charge >= 0.3 is 0 Å². The lowest BCUT2D eigenvalue weighted by Crippen LogP contribution is -2.43. The Bertz CT molecular complexity index is 803. The van der Waals surface area contributed by atoms with Crippen LogP contribution in [-0.4, -0.2) is 54.4 Å². The summed E-state index contributed by atoms with van der Waals surface area (Å²) in [5.74, 6) is -0.361. The smallest absolute Gasteiger partial charge is 0.257 e. The molecule has 1 aromatic heterocycles. The van der Waals surface area contributed by atoms with Gasteiger partial charge in [-0.05, 0) is 29.1 Å². The molecular weight excluding hydrogens is 353 g/mol. The minimum absolute atomic E-state index is 0.0623. The van der Waals surface area contributed by atoms with Gasteiger partial charge in [-0.25, -0.2) is 9.40 Å². The van der Waals surface area contributed by atoms with Crippen LogP contribution in [0, 0.1) is 5.82 Å². The van der Waals surface area contributed by atoms with Crippen LogP contribution in [0.2, 0.25) is 0 Å². The number of benzene rings is 1. The van der Waals surface area contributed by atoms with Crippen molar-refractivity contribution < 1.29 is 13.9 Å². The number of thiophene rings is 1. The average molecular weight is 373 g/mol. The first-order valence-corrected chi connectivity index (χ1v) is 9.57. The summed E-state index contributed by atoms with van der Waals surface area (Å²) in [6, 6.07) is 10.1. The minimum Gasteiger partial charge on any atom is -0.379 e. The van der Waals surface area contributed by atoms with Gasteiger partial charge in [0.15, 0.2) is 0 Å². The summed E-state index contributed by atoms with van der Waals surface area (Å²) >= 11 is 1.60. The lowest BCUT2D eigenvalue weighted by Gasteiger charge is -2.29. The third kappa shape index (κ3) is 3.70. The van der Waals surface area contributed by atoms with Crippen molar-refractivity contribution in [3.05, 3.63) is 58.0 Å². The van der Waals surface area contributed by atoms with Crippen molar-refractivity contribution >= 4 is 23.0 Å². The van der Waals surface area contributed by atoms with Crippen molar-refractivity contribution in [2.45, 2.75) is 12.5 Å². The fraction of sp³-hybridized carbons (Fsp3) is 0.368. The molecule has 1 atom stereocenters. The van der Waals surface area contributed by atoms with E-state index in [-0.39, 0.29) is 17.8 Å². The second-order valence-corrected chi connectivity index (χ2v) is 7.37. The largest absolute Gasteiger partial charge is 0.379 e. The van der Waals surface area contributed by atoms with Gasteiger partial charge < -0.3 is 4.74 Å². The Kier molecular flexibility index (Phi) is 5.10. The summed E-state index contributed by atoms with van der Waals surface area (Å²) in [7, 11) is 0. The minimum atomic E-state index is -0.298. The number of hydrogen-bond acceptors (Lipinski definition) is 5. The number of hydrazone groups is 1. The molecule has 0 aliphatic carbocycles. The van der Waals surface area contributed by atoms with Crippen LogP contribution < -0.4 is 0 Å². The van der Waals surface area contributed by atoms with Crippen LogP contribution in [0.1, 0.15) is 22.9 Å². The van der Waals surface area contributed by atoms with Crippen LogP contribution in [0.5, 0.6) is 0 Å². The first-order valence-electron chi connectivity index (χ1n) is 8.70. The molecule has 2 aliphatic rings. The van der Waals surface area contributed by atoms with Gasteiger partial charge in [0.25, 0.3) is 5.91 Å². The van der Waals surface area contributed by atoms with E-state index < -0.39 is 0 Å². The van der Waals surface area contributed by atoms with Crippen LogP contribution in [-0.2, 0) is 9.53 Å². The Balaban J connectivity index is 1.58. The maximum atomic E-state index is 13.7. The van der Waals surface area contributed by atoms with Gasteiger partial charge in [-0.3, -0.25) is 9.69 Å². The average Bonchev–Trinajstić information content (AvgIpc) is 3.32. The molecule has 0 N–H and O–H groups in total. The van der Waals surface area contributed by atoms with Gasteiger partial charge in [-0.15, -0.1) is 11.3 Å². The van der Waals surface area contributed by atoms with E-state index in [1.807, 2.05) is 23.6 Å².